The molecule has 1 amide bonds. The van der Waals surface area contributed by atoms with E-state index in [4.69, 9.17) is 14.2 Å². The fourth-order valence-corrected chi connectivity index (χ4v) is 4.59. The standard InChI is InChI=1S/C31H43NO6/c1-35-31(34)19-13-5-3-2-4-12-18-30(33)32-20-28(24-36-22-26-14-8-6-9-15-26)38-29(21-32)25-37-23-27-16-10-7-11-17-27/h6-11,14-17,28-29H,2-5,12-13,18-25H2,1H3/t28-,29-/m0/s1. The molecule has 2 aromatic carbocycles. The summed E-state index contributed by atoms with van der Waals surface area (Å²) in [6, 6.07) is 20.1. The van der Waals surface area contributed by atoms with Crippen LogP contribution in [0.1, 0.15) is 62.5 Å². The van der Waals surface area contributed by atoms with Crippen molar-refractivity contribution in [3.63, 3.8) is 0 Å². The number of benzene rings is 2. The van der Waals surface area contributed by atoms with Crippen molar-refractivity contribution in [3.8, 4) is 0 Å². The van der Waals surface area contributed by atoms with Crippen LogP contribution in [0.2, 0.25) is 0 Å². The van der Waals surface area contributed by atoms with Gasteiger partial charge in [0.1, 0.15) is 0 Å². The van der Waals surface area contributed by atoms with Gasteiger partial charge in [0.2, 0.25) is 5.91 Å². The molecule has 0 spiro atoms. The van der Waals surface area contributed by atoms with E-state index in [0.29, 0.717) is 52.4 Å². The molecule has 1 aliphatic rings. The Morgan fingerprint density at radius 3 is 1.71 bits per heavy atom. The van der Waals surface area contributed by atoms with E-state index in [1.54, 1.807) is 0 Å². The van der Waals surface area contributed by atoms with Crippen LogP contribution in [0.3, 0.4) is 0 Å². The van der Waals surface area contributed by atoms with Crippen molar-refractivity contribution >= 4 is 11.9 Å². The van der Waals surface area contributed by atoms with Gasteiger partial charge >= 0.3 is 5.97 Å². The lowest BCUT2D eigenvalue weighted by Crippen LogP contribution is -2.52. The van der Waals surface area contributed by atoms with Gasteiger partial charge in [-0.25, -0.2) is 0 Å². The number of nitrogens with zero attached hydrogens (tertiary/aromatic N) is 1. The topological polar surface area (TPSA) is 74.3 Å². The predicted molar refractivity (Wildman–Crippen MR) is 146 cm³/mol. The highest BCUT2D eigenvalue weighted by molar-refractivity contribution is 5.76. The zero-order valence-corrected chi connectivity index (χ0v) is 22.7. The second-order valence-electron chi connectivity index (χ2n) is 9.88. The Labute approximate surface area is 227 Å². The molecular weight excluding hydrogens is 482 g/mol. The van der Waals surface area contributed by atoms with E-state index in [2.05, 4.69) is 4.74 Å². The lowest BCUT2D eigenvalue weighted by molar-refractivity contribution is -0.159. The minimum absolute atomic E-state index is 0.145. The molecule has 1 heterocycles. The molecule has 0 N–H and O–H groups in total. The third-order valence-corrected chi connectivity index (χ3v) is 6.67. The van der Waals surface area contributed by atoms with Crippen LogP contribution in [0.4, 0.5) is 0 Å². The minimum Gasteiger partial charge on any atom is -0.469 e. The van der Waals surface area contributed by atoms with Crippen molar-refractivity contribution in [1.29, 1.82) is 0 Å². The van der Waals surface area contributed by atoms with Gasteiger partial charge in [-0.05, 0) is 24.0 Å². The first-order chi connectivity index (χ1) is 18.6. The van der Waals surface area contributed by atoms with Crippen LogP contribution in [-0.4, -0.2) is 62.4 Å². The van der Waals surface area contributed by atoms with Crippen LogP contribution in [0, 0.1) is 0 Å². The molecule has 1 aliphatic heterocycles. The van der Waals surface area contributed by atoms with Gasteiger partial charge in [0.25, 0.3) is 0 Å². The van der Waals surface area contributed by atoms with Gasteiger partial charge in [0.15, 0.2) is 0 Å². The van der Waals surface area contributed by atoms with E-state index in [9.17, 15) is 9.59 Å². The highest BCUT2D eigenvalue weighted by Gasteiger charge is 2.30. The Morgan fingerprint density at radius 1 is 0.737 bits per heavy atom. The van der Waals surface area contributed by atoms with Crippen molar-refractivity contribution in [2.75, 3.05) is 33.4 Å². The lowest BCUT2D eigenvalue weighted by atomic mass is 10.1. The molecule has 0 aromatic heterocycles. The first kappa shape index (κ1) is 29.8. The number of methoxy groups -OCH3 is 1. The number of esters is 1. The number of carbonyl (C=O) groups excluding carboxylic acids is 2. The van der Waals surface area contributed by atoms with Gasteiger partial charge < -0.3 is 23.8 Å². The summed E-state index contributed by atoms with van der Waals surface area (Å²) in [5.74, 6) is 0.0220. The molecule has 0 unspecified atom stereocenters. The molecule has 1 fully saturated rings. The number of unbranched alkanes of at least 4 members (excludes halogenated alkanes) is 5. The number of amides is 1. The fraction of sp³-hybridized carbons (Fsp3) is 0.548. The van der Waals surface area contributed by atoms with Gasteiger partial charge in [0.05, 0.1) is 45.7 Å². The zero-order chi connectivity index (χ0) is 26.8. The molecule has 0 saturated carbocycles. The maximum absolute atomic E-state index is 13.1. The molecule has 38 heavy (non-hydrogen) atoms. The summed E-state index contributed by atoms with van der Waals surface area (Å²) in [5, 5.41) is 0. The summed E-state index contributed by atoms with van der Waals surface area (Å²) in [6.45, 7) is 2.97. The Bertz CT molecular complexity index is 869. The summed E-state index contributed by atoms with van der Waals surface area (Å²) in [4.78, 5) is 26.2. The Kier molecular flexibility index (Phi) is 13.9. The predicted octanol–water partition coefficient (Wildman–Crippen LogP) is 5.31. The van der Waals surface area contributed by atoms with E-state index in [1.807, 2.05) is 65.6 Å². The monoisotopic (exact) mass is 525 g/mol. The molecule has 0 bridgehead atoms. The fourth-order valence-electron chi connectivity index (χ4n) is 4.59. The number of carbonyl (C=O) groups is 2. The second-order valence-corrected chi connectivity index (χ2v) is 9.88. The van der Waals surface area contributed by atoms with E-state index in [-0.39, 0.29) is 24.1 Å². The number of rotatable bonds is 17. The highest BCUT2D eigenvalue weighted by Crippen LogP contribution is 2.17. The van der Waals surface area contributed by atoms with Crippen molar-refractivity contribution in [3.05, 3.63) is 71.8 Å². The Hall–Kier alpha value is -2.74. The second kappa shape index (κ2) is 17.7. The summed E-state index contributed by atoms with van der Waals surface area (Å²) < 4.78 is 22.8. The number of ether oxygens (including phenoxy) is 4. The summed E-state index contributed by atoms with van der Waals surface area (Å²) in [5.41, 5.74) is 2.23. The molecule has 3 rings (SSSR count). The summed E-state index contributed by atoms with van der Waals surface area (Å²) in [7, 11) is 1.42. The molecule has 0 radical (unpaired) electrons. The minimum atomic E-state index is -0.184. The zero-order valence-electron chi connectivity index (χ0n) is 22.7. The molecule has 208 valence electrons. The first-order valence-corrected chi connectivity index (χ1v) is 13.9. The van der Waals surface area contributed by atoms with Crippen LogP contribution in [0.5, 0.6) is 0 Å². The Balaban J connectivity index is 1.41. The lowest BCUT2D eigenvalue weighted by Gasteiger charge is -2.38. The quantitative estimate of drug-likeness (QED) is 0.206. The third-order valence-electron chi connectivity index (χ3n) is 6.67. The maximum Gasteiger partial charge on any atom is 0.305 e. The average molecular weight is 526 g/mol. The highest BCUT2D eigenvalue weighted by atomic mass is 16.6. The normalized spacial score (nSPS) is 17.3. The maximum atomic E-state index is 13.1. The van der Waals surface area contributed by atoms with E-state index < -0.39 is 0 Å². The van der Waals surface area contributed by atoms with Crippen LogP contribution >= 0.6 is 0 Å². The van der Waals surface area contributed by atoms with E-state index in [0.717, 1.165) is 49.7 Å². The van der Waals surface area contributed by atoms with Crippen molar-refractivity contribution < 1.29 is 28.5 Å². The molecule has 7 nitrogen and oxygen atoms in total. The van der Waals surface area contributed by atoms with E-state index >= 15 is 0 Å². The van der Waals surface area contributed by atoms with Gasteiger partial charge in [0, 0.05) is 25.9 Å². The first-order valence-electron chi connectivity index (χ1n) is 13.9. The smallest absolute Gasteiger partial charge is 0.305 e. The van der Waals surface area contributed by atoms with Crippen LogP contribution in [-0.2, 0) is 41.8 Å². The van der Waals surface area contributed by atoms with Gasteiger partial charge in [-0.3, -0.25) is 9.59 Å². The molecule has 7 heteroatoms. The van der Waals surface area contributed by atoms with Gasteiger partial charge in [-0.15, -0.1) is 0 Å². The van der Waals surface area contributed by atoms with Crippen LogP contribution in [0.25, 0.3) is 0 Å². The number of morpholine rings is 1. The Morgan fingerprint density at radius 2 is 1.21 bits per heavy atom. The molecule has 2 aromatic rings. The third kappa shape index (κ3) is 11.8. The van der Waals surface area contributed by atoms with Crippen molar-refractivity contribution in [1.82, 2.24) is 4.90 Å². The molecule has 0 aliphatic carbocycles. The van der Waals surface area contributed by atoms with Crippen LogP contribution in [0.15, 0.2) is 60.7 Å². The molecular formula is C31H43NO6. The van der Waals surface area contributed by atoms with Crippen LogP contribution < -0.4 is 0 Å². The van der Waals surface area contributed by atoms with Gasteiger partial charge in [-0.1, -0.05) is 86.3 Å². The number of hydrogen-bond donors (Lipinski definition) is 0. The molecule has 1 saturated heterocycles. The molecule has 2 atom stereocenters. The SMILES string of the molecule is COC(=O)CCCCCCCCC(=O)N1C[C@@H](COCc2ccccc2)O[C@H](COCc2ccccc2)C1. The van der Waals surface area contributed by atoms with Gasteiger partial charge in [-0.2, -0.15) is 0 Å². The van der Waals surface area contributed by atoms with Crippen molar-refractivity contribution in [2.24, 2.45) is 0 Å². The average Bonchev–Trinajstić information content (AvgIpc) is 2.95. The summed E-state index contributed by atoms with van der Waals surface area (Å²) in [6.07, 6.45) is 6.57. The van der Waals surface area contributed by atoms with E-state index in [1.165, 1.54) is 7.11 Å². The number of hydrogen-bond acceptors (Lipinski definition) is 6. The summed E-state index contributed by atoms with van der Waals surface area (Å²) >= 11 is 0. The van der Waals surface area contributed by atoms with Crippen molar-refractivity contribution in [2.45, 2.75) is 76.8 Å². The largest absolute Gasteiger partial charge is 0.469 e.